The first kappa shape index (κ1) is 13.6. The molecule has 1 saturated heterocycles. The first-order valence-electron chi connectivity index (χ1n) is 7.05. The van der Waals surface area contributed by atoms with Crippen molar-refractivity contribution < 1.29 is 14.3 Å². The van der Waals surface area contributed by atoms with Crippen molar-refractivity contribution in [1.82, 2.24) is 0 Å². The Morgan fingerprint density at radius 1 is 0.905 bits per heavy atom. The van der Waals surface area contributed by atoms with E-state index >= 15 is 0 Å². The number of cyclic esters (lactones) is 1. The molecule has 0 amide bonds. The molecule has 2 aromatic carbocycles. The van der Waals surface area contributed by atoms with Gasteiger partial charge in [0.25, 0.3) is 0 Å². The van der Waals surface area contributed by atoms with Crippen molar-refractivity contribution in [2.24, 2.45) is 0 Å². The molecule has 3 rings (SSSR count). The molecule has 1 aliphatic heterocycles. The molecule has 106 valence electrons. The lowest BCUT2D eigenvalue weighted by Gasteiger charge is -2.26. The van der Waals surface area contributed by atoms with Crippen molar-refractivity contribution in [3.8, 4) is 0 Å². The molecule has 1 fully saturated rings. The zero-order valence-electron chi connectivity index (χ0n) is 11.6. The van der Waals surface area contributed by atoms with Crippen LogP contribution in [0, 0.1) is 0 Å². The van der Waals surface area contributed by atoms with Gasteiger partial charge in [-0.25, -0.2) is 0 Å². The molecule has 3 heteroatoms. The van der Waals surface area contributed by atoms with Crippen molar-refractivity contribution in [1.29, 1.82) is 0 Å². The van der Waals surface area contributed by atoms with Crippen LogP contribution in [-0.2, 0) is 26.3 Å². The highest BCUT2D eigenvalue weighted by molar-refractivity contribution is 6.06. The molecular weight excluding hydrogens is 264 g/mol. The number of Topliss-reactive ketones (excluding diaryl/α,β-unsaturated/α-hetero) is 1. The molecule has 0 aliphatic carbocycles. The number of benzene rings is 2. The lowest BCUT2D eigenvalue weighted by atomic mass is 9.84. The van der Waals surface area contributed by atoms with Gasteiger partial charge in [-0.05, 0) is 12.0 Å². The zero-order valence-corrected chi connectivity index (χ0v) is 11.6. The SMILES string of the molecule is O=C1CC(=O)C(CCc2ccccc2)(c2ccccc2)O1. The summed E-state index contributed by atoms with van der Waals surface area (Å²) in [6.07, 6.45) is 1.03. The van der Waals surface area contributed by atoms with Crippen LogP contribution in [0.25, 0.3) is 0 Å². The molecule has 0 N–H and O–H groups in total. The number of carbonyl (C=O) groups excluding carboxylic acids is 2. The van der Waals surface area contributed by atoms with Gasteiger partial charge in [0.15, 0.2) is 11.4 Å². The van der Waals surface area contributed by atoms with E-state index in [2.05, 4.69) is 0 Å². The first-order chi connectivity index (χ1) is 10.2. The normalized spacial score (nSPS) is 21.3. The maximum Gasteiger partial charge on any atom is 0.314 e. The zero-order chi connectivity index (χ0) is 14.7. The molecule has 3 nitrogen and oxygen atoms in total. The van der Waals surface area contributed by atoms with Gasteiger partial charge in [-0.15, -0.1) is 0 Å². The summed E-state index contributed by atoms with van der Waals surface area (Å²) in [4.78, 5) is 24.0. The molecule has 0 radical (unpaired) electrons. The van der Waals surface area contributed by atoms with Gasteiger partial charge in [-0.2, -0.15) is 0 Å². The van der Waals surface area contributed by atoms with Crippen molar-refractivity contribution in [2.75, 3.05) is 0 Å². The molecule has 2 aromatic rings. The van der Waals surface area contributed by atoms with Gasteiger partial charge in [-0.3, -0.25) is 9.59 Å². The van der Waals surface area contributed by atoms with Gasteiger partial charge in [-0.1, -0.05) is 60.7 Å². The highest BCUT2D eigenvalue weighted by Crippen LogP contribution is 2.38. The predicted molar refractivity (Wildman–Crippen MR) is 78.6 cm³/mol. The smallest absolute Gasteiger partial charge is 0.314 e. The van der Waals surface area contributed by atoms with Crippen molar-refractivity contribution in [2.45, 2.75) is 24.9 Å². The van der Waals surface area contributed by atoms with E-state index in [1.54, 1.807) is 0 Å². The van der Waals surface area contributed by atoms with E-state index < -0.39 is 11.6 Å². The second-order valence-electron chi connectivity index (χ2n) is 5.25. The number of ether oxygens (including phenoxy) is 1. The third kappa shape index (κ3) is 2.59. The fourth-order valence-corrected chi connectivity index (χ4v) is 2.79. The fraction of sp³-hybridized carbons (Fsp3) is 0.222. The standard InChI is InChI=1S/C18H16O3/c19-16-13-17(20)21-18(16,15-9-5-2-6-10-15)12-11-14-7-3-1-4-8-14/h1-10H,11-13H2. The van der Waals surface area contributed by atoms with Crippen LogP contribution in [0.15, 0.2) is 60.7 Å². The Kier molecular flexibility index (Phi) is 3.57. The molecule has 0 aromatic heterocycles. The van der Waals surface area contributed by atoms with Crippen LogP contribution in [0.2, 0.25) is 0 Å². The van der Waals surface area contributed by atoms with E-state index in [4.69, 9.17) is 4.74 Å². The summed E-state index contributed by atoms with van der Waals surface area (Å²) >= 11 is 0. The Hall–Kier alpha value is -2.42. The number of carbonyl (C=O) groups is 2. The van der Waals surface area contributed by atoms with Gasteiger partial charge >= 0.3 is 5.97 Å². The average Bonchev–Trinajstić information content (AvgIpc) is 2.82. The third-order valence-electron chi connectivity index (χ3n) is 3.89. The van der Waals surface area contributed by atoms with E-state index in [1.807, 2.05) is 60.7 Å². The second-order valence-corrected chi connectivity index (χ2v) is 5.25. The molecule has 1 heterocycles. The largest absolute Gasteiger partial charge is 0.446 e. The summed E-state index contributed by atoms with van der Waals surface area (Å²) in [6, 6.07) is 19.2. The van der Waals surface area contributed by atoms with Crippen LogP contribution in [0.1, 0.15) is 24.0 Å². The highest BCUT2D eigenvalue weighted by Gasteiger charge is 2.49. The molecular formula is C18H16O3. The average molecular weight is 280 g/mol. The maximum atomic E-state index is 12.4. The lowest BCUT2D eigenvalue weighted by Crippen LogP contribution is -2.33. The number of rotatable bonds is 4. The van der Waals surface area contributed by atoms with Gasteiger partial charge in [0.1, 0.15) is 6.42 Å². The number of aryl methyl sites for hydroxylation is 1. The van der Waals surface area contributed by atoms with Crippen LogP contribution >= 0.6 is 0 Å². The Balaban J connectivity index is 1.91. The number of hydrogen-bond acceptors (Lipinski definition) is 3. The predicted octanol–water partition coefficient (Wildman–Crippen LogP) is 3.03. The summed E-state index contributed by atoms with van der Waals surface area (Å²) in [7, 11) is 0. The van der Waals surface area contributed by atoms with Gasteiger partial charge < -0.3 is 4.74 Å². The van der Waals surface area contributed by atoms with Crippen molar-refractivity contribution in [3.05, 3.63) is 71.8 Å². The highest BCUT2D eigenvalue weighted by atomic mass is 16.6. The third-order valence-corrected chi connectivity index (χ3v) is 3.89. The number of hydrogen-bond donors (Lipinski definition) is 0. The Bertz CT molecular complexity index is 649. The van der Waals surface area contributed by atoms with Crippen LogP contribution < -0.4 is 0 Å². The summed E-state index contributed by atoms with van der Waals surface area (Å²) < 4.78 is 5.48. The Morgan fingerprint density at radius 3 is 2.10 bits per heavy atom. The van der Waals surface area contributed by atoms with Gasteiger partial charge in [0.2, 0.25) is 0 Å². The second kappa shape index (κ2) is 5.52. The van der Waals surface area contributed by atoms with Crippen LogP contribution in [0.4, 0.5) is 0 Å². The Labute approximate surface area is 123 Å². The molecule has 21 heavy (non-hydrogen) atoms. The van der Waals surface area contributed by atoms with E-state index in [-0.39, 0.29) is 12.2 Å². The lowest BCUT2D eigenvalue weighted by molar-refractivity contribution is -0.153. The topological polar surface area (TPSA) is 43.4 Å². The monoisotopic (exact) mass is 280 g/mol. The minimum Gasteiger partial charge on any atom is -0.446 e. The minimum atomic E-state index is -1.12. The molecule has 0 saturated carbocycles. The molecule has 0 bridgehead atoms. The summed E-state index contributed by atoms with van der Waals surface area (Å²) in [5, 5.41) is 0. The maximum absolute atomic E-state index is 12.4. The van der Waals surface area contributed by atoms with Crippen molar-refractivity contribution >= 4 is 11.8 Å². The first-order valence-corrected chi connectivity index (χ1v) is 7.05. The van der Waals surface area contributed by atoms with Crippen LogP contribution in [-0.4, -0.2) is 11.8 Å². The molecule has 1 aliphatic rings. The number of ketones is 1. The summed E-state index contributed by atoms with van der Waals surface area (Å²) in [6.45, 7) is 0. The van der Waals surface area contributed by atoms with Gasteiger partial charge in [0, 0.05) is 12.0 Å². The summed E-state index contributed by atoms with van der Waals surface area (Å²) in [5.41, 5.74) is 0.772. The van der Waals surface area contributed by atoms with Crippen LogP contribution in [0.5, 0.6) is 0 Å². The molecule has 0 spiro atoms. The van der Waals surface area contributed by atoms with E-state index in [9.17, 15) is 9.59 Å². The fourth-order valence-electron chi connectivity index (χ4n) is 2.79. The molecule has 1 atom stereocenters. The van der Waals surface area contributed by atoms with Crippen molar-refractivity contribution in [3.63, 3.8) is 0 Å². The van der Waals surface area contributed by atoms with E-state index in [0.29, 0.717) is 12.8 Å². The molecule has 1 unspecified atom stereocenters. The van der Waals surface area contributed by atoms with Gasteiger partial charge in [0.05, 0.1) is 0 Å². The van der Waals surface area contributed by atoms with E-state index in [1.165, 1.54) is 0 Å². The Morgan fingerprint density at radius 2 is 1.52 bits per heavy atom. The minimum absolute atomic E-state index is 0.135. The van der Waals surface area contributed by atoms with Crippen LogP contribution in [0.3, 0.4) is 0 Å². The van der Waals surface area contributed by atoms with E-state index in [0.717, 1.165) is 11.1 Å². The summed E-state index contributed by atoms with van der Waals surface area (Å²) in [5.74, 6) is -0.577. The number of esters is 1. The quantitative estimate of drug-likeness (QED) is 0.638.